The minimum Gasteiger partial charge on any atom is -0.392 e. The zero-order chi connectivity index (χ0) is 9.52. The van der Waals surface area contributed by atoms with Crippen LogP contribution in [-0.2, 0) is 17.8 Å². The summed E-state index contributed by atoms with van der Waals surface area (Å²) < 4.78 is 4.96. The van der Waals surface area contributed by atoms with Crippen molar-refractivity contribution < 1.29 is 9.84 Å². The van der Waals surface area contributed by atoms with E-state index in [1.54, 1.807) is 19.5 Å². The van der Waals surface area contributed by atoms with Gasteiger partial charge in [-0.25, -0.2) is 0 Å². The van der Waals surface area contributed by atoms with Gasteiger partial charge in [0.05, 0.1) is 6.61 Å². The monoisotopic (exact) mass is 181 g/mol. The third-order valence-electron chi connectivity index (χ3n) is 1.97. The number of rotatable bonds is 5. The summed E-state index contributed by atoms with van der Waals surface area (Å²) in [6, 6.07) is 1.95. The lowest BCUT2D eigenvalue weighted by molar-refractivity contribution is 0.195. The van der Waals surface area contributed by atoms with E-state index in [9.17, 15) is 0 Å². The summed E-state index contributed by atoms with van der Waals surface area (Å²) in [6.07, 6.45) is 5.38. The molecule has 0 aliphatic rings. The molecule has 0 fully saturated rings. The average molecular weight is 181 g/mol. The molecule has 0 radical (unpaired) electrons. The van der Waals surface area contributed by atoms with Gasteiger partial charge in [0.15, 0.2) is 0 Å². The van der Waals surface area contributed by atoms with Gasteiger partial charge in [0, 0.05) is 26.1 Å². The van der Waals surface area contributed by atoms with Crippen LogP contribution in [0.5, 0.6) is 0 Å². The van der Waals surface area contributed by atoms with Gasteiger partial charge >= 0.3 is 0 Å². The molecule has 1 rings (SSSR count). The Morgan fingerprint density at radius 1 is 1.46 bits per heavy atom. The number of aliphatic hydroxyl groups is 1. The fourth-order valence-electron chi connectivity index (χ4n) is 1.25. The fourth-order valence-corrected chi connectivity index (χ4v) is 1.25. The topological polar surface area (TPSA) is 42.4 Å². The van der Waals surface area contributed by atoms with Crippen molar-refractivity contribution in [2.75, 3.05) is 13.7 Å². The quantitative estimate of drug-likeness (QED) is 0.693. The number of aliphatic hydroxyl groups excluding tert-OH is 1. The number of methoxy groups -OCH3 is 1. The summed E-state index contributed by atoms with van der Waals surface area (Å²) in [5.74, 6) is 0. The van der Waals surface area contributed by atoms with Crippen LogP contribution in [0.2, 0.25) is 0 Å². The Bertz CT molecular complexity index is 250. The van der Waals surface area contributed by atoms with Crippen molar-refractivity contribution in [3.63, 3.8) is 0 Å². The zero-order valence-corrected chi connectivity index (χ0v) is 7.86. The molecule has 0 saturated carbocycles. The zero-order valence-electron chi connectivity index (χ0n) is 7.86. The maximum absolute atomic E-state index is 9.00. The molecule has 1 N–H and O–H groups in total. The molecule has 0 aromatic carbocycles. The van der Waals surface area contributed by atoms with Crippen molar-refractivity contribution in [1.29, 1.82) is 0 Å². The molecule has 0 atom stereocenters. The highest BCUT2D eigenvalue weighted by Gasteiger charge is 1.99. The predicted molar refractivity (Wildman–Crippen MR) is 50.4 cm³/mol. The van der Waals surface area contributed by atoms with E-state index in [4.69, 9.17) is 9.84 Å². The van der Waals surface area contributed by atoms with Crippen LogP contribution in [0.25, 0.3) is 0 Å². The molecule has 1 aromatic heterocycles. The molecule has 0 bridgehead atoms. The molecule has 0 aliphatic carbocycles. The van der Waals surface area contributed by atoms with E-state index in [1.807, 2.05) is 6.07 Å². The van der Waals surface area contributed by atoms with Crippen molar-refractivity contribution in [3.8, 4) is 0 Å². The van der Waals surface area contributed by atoms with Crippen LogP contribution >= 0.6 is 0 Å². The van der Waals surface area contributed by atoms with Gasteiger partial charge in [0.2, 0.25) is 0 Å². The molecular formula is C10H15NO2. The Morgan fingerprint density at radius 2 is 2.31 bits per heavy atom. The number of hydrogen-bond acceptors (Lipinski definition) is 3. The van der Waals surface area contributed by atoms with E-state index in [0.717, 1.165) is 30.6 Å². The van der Waals surface area contributed by atoms with Gasteiger partial charge in [-0.2, -0.15) is 0 Å². The summed E-state index contributed by atoms with van der Waals surface area (Å²) in [5.41, 5.74) is 2.08. The van der Waals surface area contributed by atoms with Gasteiger partial charge in [-0.15, -0.1) is 0 Å². The maximum atomic E-state index is 9.00. The first-order valence-electron chi connectivity index (χ1n) is 4.40. The smallest absolute Gasteiger partial charge is 0.0699 e. The first-order chi connectivity index (χ1) is 6.38. The number of nitrogens with zero attached hydrogens (tertiary/aromatic N) is 1. The molecule has 1 heterocycles. The Hall–Kier alpha value is -0.930. The highest BCUT2D eigenvalue weighted by Crippen LogP contribution is 2.09. The van der Waals surface area contributed by atoms with Crippen molar-refractivity contribution >= 4 is 0 Å². The van der Waals surface area contributed by atoms with E-state index >= 15 is 0 Å². The van der Waals surface area contributed by atoms with E-state index < -0.39 is 0 Å². The average Bonchev–Trinajstić information content (AvgIpc) is 2.19. The molecule has 0 amide bonds. The first kappa shape index (κ1) is 10.2. The van der Waals surface area contributed by atoms with Crippen LogP contribution in [-0.4, -0.2) is 23.8 Å². The van der Waals surface area contributed by atoms with E-state index in [1.165, 1.54) is 0 Å². The standard InChI is InChI=1S/C10H15NO2/c1-13-6-2-3-9-4-5-11-7-10(9)8-12/h4-5,7,12H,2-3,6,8H2,1H3. The van der Waals surface area contributed by atoms with Gasteiger partial charge < -0.3 is 9.84 Å². The lowest BCUT2D eigenvalue weighted by Crippen LogP contribution is -1.98. The molecule has 1 aromatic rings. The minimum atomic E-state index is 0.0656. The molecule has 3 heteroatoms. The van der Waals surface area contributed by atoms with E-state index in [0.29, 0.717) is 0 Å². The largest absolute Gasteiger partial charge is 0.392 e. The lowest BCUT2D eigenvalue weighted by atomic mass is 10.1. The number of aromatic nitrogens is 1. The van der Waals surface area contributed by atoms with Gasteiger partial charge in [-0.1, -0.05) is 0 Å². The SMILES string of the molecule is COCCCc1ccncc1CO. The number of pyridine rings is 1. The lowest BCUT2D eigenvalue weighted by Gasteiger charge is -2.05. The summed E-state index contributed by atoms with van der Waals surface area (Å²) in [5, 5.41) is 9.00. The first-order valence-corrected chi connectivity index (χ1v) is 4.40. The van der Waals surface area contributed by atoms with Gasteiger partial charge in [0.1, 0.15) is 0 Å². The maximum Gasteiger partial charge on any atom is 0.0699 e. The second-order valence-electron chi connectivity index (χ2n) is 2.90. The van der Waals surface area contributed by atoms with Crippen LogP contribution in [0.4, 0.5) is 0 Å². The van der Waals surface area contributed by atoms with E-state index in [-0.39, 0.29) is 6.61 Å². The van der Waals surface area contributed by atoms with Crippen LogP contribution in [0.1, 0.15) is 17.5 Å². The van der Waals surface area contributed by atoms with E-state index in [2.05, 4.69) is 4.98 Å². The van der Waals surface area contributed by atoms with Crippen molar-refractivity contribution in [2.24, 2.45) is 0 Å². The second-order valence-corrected chi connectivity index (χ2v) is 2.90. The minimum absolute atomic E-state index is 0.0656. The van der Waals surface area contributed by atoms with Crippen molar-refractivity contribution in [3.05, 3.63) is 29.6 Å². The normalized spacial score (nSPS) is 10.3. The third kappa shape index (κ3) is 3.13. The highest BCUT2D eigenvalue weighted by molar-refractivity contribution is 5.22. The molecule has 72 valence electrons. The van der Waals surface area contributed by atoms with Gasteiger partial charge in [0.25, 0.3) is 0 Å². The van der Waals surface area contributed by atoms with Crippen molar-refractivity contribution in [2.45, 2.75) is 19.4 Å². The molecule has 0 spiro atoms. The van der Waals surface area contributed by atoms with Gasteiger partial charge in [-0.3, -0.25) is 4.98 Å². The Kier molecular flexibility index (Phi) is 4.43. The summed E-state index contributed by atoms with van der Waals surface area (Å²) >= 11 is 0. The summed E-state index contributed by atoms with van der Waals surface area (Å²) in [6.45, 7) is 0.823. The molecule has 13 heavy (non-hydrogen) atoms. The summed E-state index contributed by atoms with van der Waals surface area (Å²) in [7, 11) is 1.69. The Morgan fingerprint density at radius 3 is 3.00 bits per heavy atom. The Labute approximate surface area is 78.4 Å². The molecule has 3 nitrogen and oxygen atoms in total. The number of aryl methyl sites for hydroxylation is 1. The van der Waals surface area contributed by atoms with Crippen molar-refractivity contribution in [1.82, 2.24) is 4.98 Å². The predicted octanol–water partition coefficient (Wildman–Crippen LogP) is 1.15. The van der Waals surface area contributed by atoms with Gasteiger partial charge in [-0.05, 0) is 30.0 Å². The van der Waals surface area contributed by atoms with Crippen LogP contribution in [0.15, 0.2) is 18.5 Å². The van der Waals surface area contributed by atoms with Crippen LogP contribution in [0, 0.1) is 0 Å². The molecule has 0 saturated heterocycles. The second kappa shape index (κ2) is 5.67. The molecule has 0 aliphatic heterocycles. The van der Waals surface area contributed by atoms with Crippen LogP contribution in [0.3, 0.4) is 0 Å². The summed E-state index contributed by atoms with van der Waals surface area (Å²) in [4.78, 5) is 3.95. The molecule has 0 unspecified atom stereocenters. The number of hydrogen-bond donors (Lipinski definition) is 1. The van der Waals surface area contributed by atoms with Crippen LogP contribution < -0.4 is 0 Å². The molecular weight excluding hydrogens is 166 g/mol. The number of ether oxygens (including phenoxy) is 1. The Balaban J connectivity index is 2.54. The third-order valence-corrected chi connectivity index (χ3v) is 1.97. The highest BCUT2D eigenvalue weighted by atomic mass is 16.5. The fraction of sp³-hybridized carbons (Fsp3) is 0.500.